The molecule has 0 spiro atoms. The molecule has 0 saturated carbocycles. The average molecular weight is 391 g/mol. The van der Waals surface area contributed by atoms with Crippen LogP contribution in [0.3, 0.4) is 0 Å². The van der Waals surface area contributed by atoms with Gasteiger partial charge in [0.1, 0.15) is 18.2 Å². The Balaban J connectivity index is 1.42. The highest BCUT2D eigenvalue weighted by Gasteiger charge is 2.32. The van der Waals surface area contributed by atoms with Crippen LogP contribution in [0.5, 0.6) is 11.5 Å². The molecule has 0 bridgehead atoms. The Morgan fingerprint density at radius 3 is 2.78 bits per heavy atom. The summed E-state index contributed by atoms with van der Waals surface area (Å²) in [6.07, 6.45) is -0.131. The topological polar surface area (TPSA) is 38.8 Å². The van der Waals surface area contributed by atoms with Crippen molar-refractivity contribution in [2.75, 3.05) is 25.4 Å². The van der Waals surface area contributed by atoms with Gasteiger partial charge in [-0.1, -0.05) is 12.1 Å². The van der Waals surface area contributed by atoms with Gasteiger partial charge in [-0.15, -0.1) is 0 Å². The molecule has 2 aliphatic rings. The second-order valence-corrected chi connectivity index (χ2v) is 7.81. The normalized spacial score (nSPS) is 22.2. The van der Waals surface area contributed by atoms with Crippen molar-refractivity contribution in [2.24, 2.45) is 0 Å². The first-order valence-electron chi connectivity index (χ1n) is 8.85. The first-order valence-corrected chi connectivity index (χ1v) is 9.90. The number of ether oxygens (including phenoxy) is 2. The minimum Gasteiger partial charge on any atom is -0.485 e. The lowest BCUT2D eigenvalue weighted by molar-refractivity contribution is -0.140. The van der Waals surface area contributed by atoms with E-state index in [0.29, 0.717) is 42.3 Å². The maximum atomic E-state index is 14.1. The zero-order valence-corrected chi connectivity index (χ0v) is 15.4. The Bertz CT molecular complexity index is 848. The fraction of sp³-hybridized carbons (Fsp3) is 0.350. The van der Waals surface area contributed by atoms with E-state index < -0.39 is 17.7 Å². The molecule has 1 fully saturated rings. The highest BCUT2D eigenvalue weighted by Crippen LogP contribution is 2.37. The number of amides is 1. The summed E-state index contributed by atoms with van der Waals surface area (Å²) in [4.78, 5) is 14.6. The number of fused-ring (bicyclic) bond motifs is 1. The number of carbonyl (C=O) groups is 1. The number of para-hydroxylation sites is 2. The molecule has 2 aromatic carbocycles. The largest absolute Gasteiger partial charge is 0.485 e. The summed E-state index contributed by atoms with van der Waals surface area (Å²) in [5, 5.41) is -0.178. The van der Waals surface area contributed by atoms with Gasteiger partial charge in [-0.25, -0.2) is 8.78 Å². The summed E-state index contributed by atoms with van der Waals surface area (Å²) in [7, 11) is 0. The van der Waals surface area contributed by atoms with Crippen molar-refractivity contribution in [3.8, 4) is 11.5 Å². The van der Waals surface area contributed by atoms with Gasteiger partial charge >= 0.3 is 0 Å². The quantitative estimate of drug-likeness (QED) is 0.780. The van der Waals surface area contributed by atoms with Gasteiger partial charge in [0, 0.05) is 29.7 Å². The molecule has 2 atom stereocenters. The molecular weight excluding hydrogens is 372 g/mol. The number of carbonyl (C=O) groups excluding carboxylic acids is 1. The zero-order valence-electron chi connectivity index (χ0n) is 14.6. The molecule has 0 aliphatic carbocycles. The molecule has 0 radical (unpaired) electrons. The first-order chi connectivity index (χ1) is 13.1. The summed E-state index contributed by atoms with van der Waals surface area (Å²) < 4.78 is 39.0. The predicted molar refractivity (Wildman–Crippen MR) is 99.1 cm³/mol. The first kappa shape index (κ1) is 18.1. The molecule has 2 unspecified atom stereocenters. The van der Waals surface area contributed by atoms with E-state index in [1.54, 1.807) is 28.8 Å². The minimum absolute atomic E-state index is 0.134. The van der Waals surface area contributed by atoms with Gasteiger partial charge in [0.05, 0.1) is 0 Å². The molecule has 2 aliphatic heterocycles. The Morgan fingerprint density at radius 1 is 1.11 bits per heavy atom. The van der Waals surface area contributed by atoms with E-state index in [4.69, 9.17) is 9.47 Å². The number of thioether (sulfide) groups is 1. The molecule has 2 aromatic rings. The Morgan fingerprint density at radius 2 is 1.93 bits per heavy atom. The molecule has 27 heavy (non-hydrogen) atoms. The van der Waals surface area contributed by atoms with E-state index >= 15 is 0 Å². The maximum absolute atomic E-state index is 14.1. The van der Waals surface area contributed by atoms with Gasteiger partial charge in [-0.3, -0.25) is 4.79 Å². The van der Waals surface area contributed by atoms with Gasteiger partial charge < -0.3 is 14.4 Å². The van der Waals surface area contributed by atoms with E-state index in [1.807, 2.05) is 12.1 Å². The van der Waals surface area contributed by atoms with Crippen LogP contribution in [0.4, 0.5) is 8.78 Å². The van der Waals surface area contributed by atoms with E-state index in [9.17, 15) is 13.6 Å². The van der Waals surface area contributed by atoms with E-state index in [2.05, 4.69) is 0 Å². The number of halogens is 2. The van der Waals surface area contributed by atoms with Gasteiger partial charge in [0.25, 0.3) is 5.91 Å². The fourth-order valence-electron chi connectivity index (χ4n) is 3.35. The van der Waals surface area contributed by atoms with Gasteiger partial charge in [0.15, 0.2) is 11.5 Å². The van der Waals surface area contributed by atoms with Gasteiger partial charge in [-0.05, 0) is 36.8 Å². The monoisotopic (exact) mass is 391 g/mol. The SMILES string of the molecule is O=C(C1COc2ccccc2O1)N1CCSC(c2cc(F)ccc2F)CC1. The summed E-state index contributed by atoms with van der Waals surface area (Å²) in [6, 6.07) is 10.8. The maximum Gasteiger partial charge on any atom is 0.267 e. The van der Waals surface area contributed by atoms with Crippen molar-refractivity contribution in [3.63, 3.8) is 0 Å². The second-order valence-electron chi connectivity index (χ2n) is 6.50. The van der Waals surface area contributed by atoms with Crippen molar-refractivity contribution in [1.82, 2.24) is 4.90 Å². The van der Waals surface area contributed by atoms with Crippen LogP contribution >= 0.6 is 11.8 Å². The van der Waals surface area contributed by atoms with Crippen molar-refractivity contribution in [2.45, 2.75) is 17.8 Å². The van der Waals surface area contributed by atoms with Crippen molar-refractivity contribution >= 4 is 17.7 Å². The van der Waals surface area contributed by atoms with E-state index in [0.717, 1.165) is 12.1 Å². The summed E-state index contributed by atoms with van der Waals surface area (Å²) in [5.41, 5.74) is 0.362. The van der Waals surface area contributed by atoms with Crippen LogP contribution in [0.1, 0.15) is 17.2 Å². The number of hydrogen-bond donors (Lipinski definition) is 0. The molecule has 1 amide bonds. The Labute approximate surface area is 160 Å². The third kappa shape index (κ3) is 3.88. The van der Waals surface area contributed by atoms with Crippen LogP contribution in [0, 0.1) is 11.6 Å². The Kier molecular flexibility index (Phi) is 5.20. The lowest BCUT2D eigenvalue weighted by Crippen LogP contribution is -2.47. The highest BCUT2D eigenvalue weighted by molar-refractivity contribution is 7.99. The van der Waals surface area contributed by atoms with E-state index in [1.165, 1.54) is 6.07 Å². The predicted octanol–water partition coefficient (Wildman–Crippen LogP) is 3.81. The van der Waals surface area contributed by atoms with Crippen molar-refractivity contribution in [3.05, 3.63) is 59.7 Å². The lowest BCUT2D eigenvalue weighted by Gasteiger charge is -2.30. The van der Waals surface area contributed by atoms with Crippen molar-refractivity contribution < 1.29 is 23.0 Å². The molecular formula is C20H19F2NO3S. The number of rotatable bonds is 2. The molecule has 7 heteroatoms. The standard InChI is InChI=1S/C20H19F2NO3S/c21-13-5-6-15(22)14(11-13)19-7-8-23(9-10-27-19)20(24)18-12-25-16-3-1-2-4-17(16)26-18/h1-6,11,18-19H,7-10,12H2. The van der Waals surface area contributed by atoms with Crippen LogP contribution in [-0.2, 0) is 4.79 Å². The van der Waals surface area contributed by atoms with Crippen molar-refractivity contribution in [1.29, 1.82) is 0 Å². The minimum atomic E-state index is -0.688. The molecule has 4 rings (SSSR count). The highest BCUT2D eigenvalue weighted by atomic mass is 32.2. The number of nitrogens with zero attached hydrogens (tertiary/aromatic N) is 1. The zero-order chi connectivity index (χ0) is 18.8. The van der Waals surface area contributed by atoms with E-state index in [-0.39, 0.29) is 17.8 Å². The fourth-order valence-corrected chi connectivity index (χ4v) is 4.59. The summed E-state index contributed by atoms with van der Waals surface area (Å²) in [6.45, 7) is 1.17. The third-order valence-corrected chi connectivity index (χ3v) is 6.05. The molecule has 0 aromatic heterocycles. The molecule has 0 N–H and O–H groups in total. The smallest absolute Gasteiger partial charge is 0.267 e. The number of benzene rings is 2. The lowest BCUT2D eigenvalue weighted by atomic mass is 10.1. The third-order valence-electron chi connectivity index (χ3n) is 4.74. The Hall–Kier alpha value is -2.28. The van der Waals surface area contributed by atoms with Gasteiger partial charge in [0.2, 0.25) is 6.10 Å². The van der Waals surface area contributed by atoms with Crippen LogP contribution < -0.4 is 9.47 Å². The average Bonchev–Trinajstić information content (AvgIpc) is 2.95. The molecule has 142 valence electrons. The van der Waals surface area contributed by atoms with Crippen LogP contribution in [-0.4, -0.2) is 42.4 Å². The van der Waals surface area contributed by atoms with Crippen LogP contribution in [0.25, 0.3) is 0 Å². The van der Waals surface area contributed by atoms with Crippen LogP contribution in [0.2, 0.25) is 0 Å². The summed E-state index contributed by atoms with van der Waals surface area (Å²) in [5.74, 6) is 0.854. The summed E-state index contributed by atoms with van der Waals surface area (Å²) >= 11 is 1.54. The second kappa shape index (κ2) is 7.76. The molecule has 1 saturated heterocycles. The molecule has 4 nitrogen and oxygen atoms in total. The number of hydrogen-bond acceptors (Lipinski definition) is 4. The molecule has 2 heterocycles. The van der Waals surface area contributed by atoms with Crippen LogP contribution in [0.15, 0.2) is 42.5 Å². The van der Waals surface area contributed by atoms with Gasteiger partial charge in [-0.2, -0.15) is 11.8 Å².